The Bertz CT molecular complexity index is 325. The van der Waals surface area contributed by atoms with Crippen molar-refractivity contribution in [2.24, 2.45) is 4.99 Å². The van der Waals surface area contributed by atoms with E-state index in [2.05, 4.69) is 30.0 Å². The summed E-state index contributed by atoms with van der Waals surface area (Å²) in [4.78, 5) is 14.4. The van der Waals surface area contributed by atoms with Gasteiger partial charge in [0.15, 0.2) is 0 Å². The monoisotopic (exact) mass is 220 g/mol. The second-order valence-electron chi connectivity index (χ2n) is 3.33. The molecule has 0 spiro atoms. The van der Waals surface area contributed by atoms with Crippen LogP contribution in [0.2, 0.25) is 0 Å². The van der Waals surface area contributed by atoms with Gasteiger partial charge < -0.3 is 5.32 Å². The van der Waals surface area contributed by atoms with Gasteiger partial charge in [0.05, 0.1) is 6.54 Å². The van der Waals surface area contributed by atoms with Crippen LogP contribution in [-0.2, 0) is 4.79 Å². The molecule has 0 saturated carbocycles. The van der Waals surface area contributed by atoms with Gasteiger partial charge in [0.25, 0.3) is 0 Å². The van der Waals surface area contributed by atoms with E-state index in [-0.39, 0.29) is 0 Å². The number of nitrogens with one attached hydrogen (secondary N) is 1. The molecule has 0 atom stereocenters. The summed E-state index contributed by atoms with van der Waals surface area (Å²) in [6.07, 6.45) is 7.64. The molecule has 3 nitrogen and oxygen atoms in total. The summed E-state index contributed by atoms with van der Waals surface area (Å²) in [5.41, 5.74) is 2.81. The number of amides is 1. The first-order valence-electron chi connectivity index (χ1n) is 5.36. The lowest BCUT2D eigenvalue weighted by Crippen LogP contribution is -2.15. The van der Waals surface area contributed by atoms with Crippen LogP contribution < -0.4 is 5.32 Å². The predicted octanol–water partition coefficient (Wildman–Crippen LogP) is 2.62. The lowest BCUT2D eigenvalue weighted by molar-refractivity contribution is -0.108. The zero-order chi connectivity index (χ0) is 12.4. The molecule has 0 aliphatic heterocycles. The zero-order valence-corrected chi connectivity index (χ0v) is 10.3. The van der Waals surface area contributed by atoms with Gasteiger partial charge in [0.1, 0.15) is 0 Å². The molecule has 1 N–H and O–H groups in total. The number of carbonyl (C=O) groups excluding carboxylic acids is 1. The van der Waals surface area contributed by atoms with E-state index < -0.39 is 0 Å². The van der Waals surface area contributed by atoms with E-state index in [0.717, 1.165) is 23.3 Å². The van der Waals surface area contributed by atoms with Crippen molar-refractivity contribution in [3.8, 4) is 0 Å². The molecule has 0 aliphatic carbocycles. The van der Waals surface area contributed by atoms with Gasteiger partial charge in [-0.1, -0.05) is 25.2 Å². The average molecular weight is 220 g/mol. The highest BCUT2D eigenvalue weighted by Gasteiger charge is 2.05. The van der Waals surface area contributed by atoms with Gasteiger partial charge >= 0.3 is 0 Å². The quantitative estimate of drug-likeness (QED) is 0.400. The first kappa shape index (κ1) is 14.4. The molecule has 0 aromatic rings. The molecule has 0 heterocycles. The topological polar surface area (TPSA) is 41.5 Å². The molecule has 0 aromatic carbocycles. The summed E-state index contributed by atoms with van der Waals surface area (Å²) in [6.45, 7) is 9.92. The molecule has 0 fully saturated rings. The van der Waals surface area contributed by atoms with E-state index >= 15 is 0 Å². The Balaban J connectivity index is 5.16. The number of rotatable bonds is 7. The molecule has 0 unspecified atom stereocenters. The van der Waals surface area contributed by atoms with Crippen molar-refractivity contribution in [2.75, 3.05) is 6.54 Å². The zero-order valence-electron chi connectivity index (χ0n) is 10.3. The van der Waals surface area contributed by atoms with Gasteiger partial charge in [0.2, 0.25) is 6.41 Å². The Hall–Kier alpha value is -1.64. The first-order valence-corrected chi connectivity index (χ1v) is 5.36. The van der Waals surface area contributed by atoms with Gasteiger partial charge in [-0.2, -0.15) is 0 Å². The number of hydrogen-bond donors (Lipinski definition) is 1. The van der Waals surface area contributed by atoms with Crippen LogP contribution in [-0.4, -0.2) is 19.7 Å². The van der Waals surface area contributed by atoms with Crippen molar-refractivity contribution in [1.82, 2.24) is 5.32 Å². The molecular weight excluding hydrogens is 200 g/mol. The SMILES string of the molecule is C=NCC(=C/C)/C(NC=O)=C(C)/C=C\CC. The number of nitrogens with zero attached hydrogens (tertiary/aromatic N) is 1. The molecule has 3 heteroatoms. The number of hydrogen-bond acceptors (Lipinski definition) is 2. The first-order chi connectivity index (χ1) is 7.71. The summed E-state index contributed by atoms with van der Waals surface area (Å²) < 4.78 is 0. The Kier molecular flexibility index (Phi) is 7.76. The smallest absolute Gasteiger partial charge is 0.211 e. The van der Waals surface area contributed by atoms with Crippen molar-refractivity contribution < 1.29 is 4.79 Å². The average Bonchev–Trinajstić information content (AvgIpc) is 2.30. The van der Waals surface area contributed by atoms with Crippen LogP contribution in [0.5, 0.6) is 0 Å². The van der Waals surface area contributed by atoms with Crippen LogP contribution in [0.3, 0.4) is 0 Å². The van der Waals surface area contributed by atoms with E-state index in [9.17, 15) is 4.79 Å². The summed E-state index contributed by atoms with van der Waals surface area (Å²) in [5, 5.41) is 2.72. The number of aliphatic imine (C=N–C) groups is 1. The van der Waals surface area contributed by atoms with Crippen molar-refractivity contribution in [1.29, 1.82) is 0 Å². The summed E-state index contributed by atoms with van der Waals surface area (Å²) in [7, 11) is 0. The van der Waals surface area contributed by atoms with Gasteiger partial charge in [-0.25, -0.2) is 0 Å². The van der Waals surface area contributed by atoms with Gasteiger partial charge in [0, 0.05) is 5.70 Å². The molecule has 16 heavy (non-hydrogen) atoms. The third-order valence-corrected chi connectivity index (χ3v) is 2.15. The van der Waals surface area contributed by atoms with Gasteiger partial charge in [-0.3, -0.25) is 9.79 Å². The van der Waals surface area contributed by atoms with E-state index in [1.165, 1.54) is 0 Å². The standard InChI is InChI=1S/C13H20N2O/c1-5-7-8-11(3)13(15-10-16)12(6-2)9-14-4/h6-8,10H,4-5,9H2,1-3H3,(H,15,16)/b8-7-,12-6-,13-11-. The highest BCUT2D eigenvalue weighted by Crippen LogP contribution is 2.13. The van der Waals surface area contributed by atoms with E-state index in [4.69, 9.17) is 0 Å². The minimum Gasteiger partial charge on any atom is -0.328 e. The van der Waals surface area contributed by atoms with E-state index in [1.807, 2.05) is 26.0 Å². The van der Waals surface area contributed by atoms with E-state index in [1.54, 1.807) is 0 Å². The van der Waals surface area contributed by atoms with Crippen molar-refractivity contribution in [2.45, 2.75) is 27.2 Å². The van der Waals surface area contributed by atoms with Crippen LogP contribution in [0, 0.1) is 0 Å². The molecule has 1 amide bonds. The largest absolute Gasteiger partial charge is 0.328 e. The van der Waals surface area contributed by atoms with Crippen molar-refractivity contribution in [3.63, 3.8) is 0 Å². The third-order valence-electron chi connectivity index (χ3n) is 2.15. The van der Waals surface area contributed by atoms with Crippen LogP contribution in [0.4, 0.5) is 0 Å². The molecule has 0 rings (SSSR count). The molecule has 0 aliphatic rings. The summed E-state index contributed by atoms with van der Waals surface area (Å²) >= 11 is 0. The second-order valence-corrected chi connectivity index (χ2v) is 3.33. The maximum absolute atomic E-state index is 10.6. The van der Waals surface area contributed by atoms with Crippen molar-refractivity contribution in [3.05, 3.63) is 35.1 Å². The lowest BCUT2D eigenvalue weighted by atomic mass is 10.1. The Labute approximate surface area is 97.7 Å². The highest BCUT2D eigenvalue weighted by molar-refractivity contribution is 5.56. The maximum atomic E-state index is 10.6. The van der Waals surface area contributed by atoms with Crippen LogP contribution in [0.15, 0.2) is 40.1 Å². The predicted molar refractivity (Wildman–Crippen MR) is 69.5 cm³/mol. The second kappa shape index (κ2) is 8.65. The van der Waals surface area contributed by atoms with Crippen LogP contribution in [0.25, 0.3) is 0 Å². The highest BCUT2D eigenvalue weighted by atomic mass is 16.1. The molecule has 0 radical (unpaired) electrons. The summed E-state index contributed by atoms with van der Waals surface area (Å²) in [6, 6.07) is 0. The third kappa shape index (κ3) is 4.73. The Morgan fingerprint density at radius 2 is 2.19 bits per heavy atom. The Morgan fingerprint density at radius 3 is 2.62 bits per heavy atom. The molecule has 0 saturated heterocycles. The minimum atomic E-state index is 0.504. The maximum Gasteiger partial charge on any atom is 0.211 e. The fourth-order valence-electron chi connectivity index (χ4n) is 1.33. The molecule has 0 bridgehead atoms. The number of carbonyl (C=O) groups is 1. The molecular formula is C13H20N2O. The molecule has 88 valence electrons. The van der Waals surface area contributed by atoms with Crippen LogP contribution in [0.1, 0.15) is 27.2 Å². The van der Waals surface area contributed by atoms with Gasteiger partial charge in [-0.05, 0) is 38.1 Å². The Morgan fingerprint density at radius 1 is 1.50 bits per heavy atom. The fourth-order valence-corrected chi connectivity index (χ4v) is 1.33. The fraction of sp³-hybridized carbons (Fsp3) is 0.385. The molecule has 0 aromatic heterocycles. The van der Waals surface area contributed by atoms with Crippen LogP contribution >= 0.6 is 0 Å². The number of allylic oxidation sites excluding steroid dienone is 4. The summed E-state index contributed by atoms with van der Waals surface area (Å²) in [5.74, 6) is 0. The normalized spacial score (nSPS) is 13.6. The lowest BCUT2D eigenvalue weighted by Gasteiger charge is -2.11. The minimum absolute atomic E-state index is 0.504. The van der Waals surface area contributed by atoms with Crippen molar-refractivity contribution >= 4 is 13.1 Å². The van der Waals surface area contributed by atoms with Gasteiger partial charge in [-0.15, -0.1) is 0 Å². The van der Waals surface area contributed by atoms with E-state index in [0.29, 0.717) is 13.0 Å².